The van der Waals surface area contributed by atoms with E-state index in [-0.39, 0.29) is 5.92 Å². The molecule has 10 heavy (non-hydrogen) atoms. The normalized spacial score (nSPS) is 15.8. The molecule has 0 radical (unpaired) electrons. The predicted octanol–water partition coefficient (Wildman–Crippen LogP) is 0.0701. The molecule has 0 bridgehead atoms. The molecular weight excluding hydrogens is 159 g/mol. The van der Waals surface area contributed by atoms with Crippen LogP contribution in [0.1, 0.15) is 13.8 Å². The van der Waals surface area contributed by atoms with Crippen LogP contribution in [0.25, 0.3) is 0 Å². The van der Waals surface area contributed by atoms with E-state index >= 15 is 0 Å². The lowest BCUT2D eigenvalue weighted by Gasteiger charge is -2.14. The molecule has 0 rings (SSSR count). The minimum Gasteiger partial charge on any atom is -0.367 e. The van der Waals surface area contributed by atoms with Gasteiger partial charge in [0.05, 0.1) is 0 Å². The van der Waals surface area contributed by atoms with E-state index < -0.39 is 14.1 Å². The summed E-state index contributed by atoms with van der Waals surface area (Å²) in [5, 5.41) is 8.75. The summed E-state index contributed by atoms with van der Waals surface area (Å²) in [4.78, 5) is 16.3. The number of phosphoric ester groups is 1. The third kappa shape index (κ3) is 4.90. The van der Waals surface area contributed by atoms with Gasteiger partial charge in [0.25, 0.3) is 0 Å². The summed E-state index contributed by atoms with van der Waals surface area (Å²) in [6.45, 7) is 3.17. The molecular formula is C4H11O5P. The van der Waals surface area contributed by atoms with Gasteiger partial charge in [0, 0.05) is 5.92 Å². The van der Waals surface area contributed by atoms with Crippen molar-refractivity contribution >= 4 is 7.82 Å². The zero-order valence-electron chi connectivity index (χ0n) is 5.76. The van der Waals surface area contributed by atoms with Crippen LogP contribution in [0.5, 0.6) is 0 Å². The summed E-state index contributed by atoms with van der Waals surface area (Å²) < 4.78 is 14.0. The second-order valence-electron chi connectivity index (χ2n) is 2.23. The second-order valence-corrected chi connectivity index (χ2v) is 3.42. The summed E-state index contributed by atoms with van der Waals surface area (Å²) in [6.07, 6.45) is -1.40. The Balaban J connectivity index is 3.80. The highest BCUT2D eigenvalue weighted by molar-refractivity contribution is 7.46. The number of rotatable bonds is 3. The SMILES string of the molecule is CC(C)C(O)OP(=O)(O)O. The van der Waals surface area contributed by atoms with Crippen LogP contribution in [-0.2, 0) is 9.09 Å². The molecule has 5 nitrogen and oxygen atoms in total. The first-order chi connectivity index (χ1) is 4.33. The summed E-state index contributed by atoms with van der Waals surface area (Å²) in [6, 6.07) is 0. The van der Waals surface area contributed by atoms with E-state index in [9.17, 15) is 4.57 Å². The van der Waals surface area contributed by atoms with Gasteiger partial charge in [-0.2, -0.15) is 0 Å². The van der Waals surface area contributed by atoms with Crippen LogP contribution in [0.2, 0.25) is 0 Å². The van der Waals surface area contributed by atoms with Crippen molar-refractivity contribution in [1.29, 1.82) is 0 Å². The van der Waals surface area contributed by atoms with Gasteiger partial charge in [-0.15, -0.1) is 0 Å². The largest absolute Gasteiger partial charge is 0.471 e. The van der Waals surface area contributed by atoms with E-state index in [1.807, 2.05) is 0 Å². The van der Waals surface area contributed by atoms with Gasteiger partial charge in [0.2, 0.25) is 0 Å². The molecule has 0 heterocycles. The Morgan fingerprint density at radius 2 is 1.80 bits per heavy atom. The van der Waals surface area contributed by atoms with Crippen LogP contribution in [0.3, 0.4) is 0 Å². The summed E-state index contributed by atoms with van der Waals surface area (Å²) in [5.74, 6) is -0.326. The van der Waals surface area contributed by atoms with Gasteiger partial charge >= 0.3 is 7.82 Å². The van der Waals surface area contributed by atoms with Gasteiger partial charge in [-0.05, 0) is 0 Å². The molecule has 0 aliphatic rings. The highest BCUT2D eigenvalue weighted by Crippen LogP contribution is 2.38. The minimum atomic E-state index is -4.53. The lowest BCUT2D eigenvalue weighted by molar-refractivity contribution is -0.0673. The average Bonchev–Trinajstić information content (AvgIpc) is 1.60. The fourth-order valence-corrected chi connectivity index (χ4v) is 0.787. The van der Waals surface area contributed by atoms with Crippen molar-refractivity contribution in [3.05, 3.63) is 0 Å². The van der Waals surface area contributed by atoms with Gasteiger partial charge in [-0.3, -0.25) is 4.52 Å². The third-order valence-electron chi connectivity index (χ3n) is 0.816. The molecule has 0 amide bonds. The standard InChI is InChI=1S/C4H11O5P/c1-3(2)4(5)9-10(6,7)8/h3-5H,1-2H3,(H2,6,7,8). The average molecular weight is 170 g/mol. The summed E-state index contributed by atoms with van der Waals surface area (Å²) in [5.41, 5.74) is 0. The Kier molecular flexibility index (Phi) is 3.48. The molecule has 0 saturated carbocycles. The van der Waals surface area contributed by atoms with E-state index in [1.54, 1.807) is 13.8 Å². The van der Waals surface area contributed by atoms with E-state index in [4.69, 9.17) is 14.9 Å². The maximum Gasteiger partial charge on any atom is 0.471 e. The zero-order chi connectivity index (χ0) is 8.36. The van der Waals surface area contributed by atoms with Crippen molar-refractivity contribution < 1.29 is 24.0 Å². The number of aliphatic hydroxyl groups excluding tert-OH is 1. The molecule has 6 heteroatoms. The quantitative estimate of drug-likeness (QED) is 0.412. The van der Waals surface area contributed by atoms with Gasteiger partial charge in [-0.1, -0.05) is 13.8 Å². The van der Waals surface area contributed by atoms with Crippen molar-refractivity contribution in [1.82, 2.24) is 0 Å². The third-order valence-corrected chi connectivity index (χ3v) is 1.31. The summed E-state index contributed by atoms with van der Waals surface area (Å²) in [7, 11) is -4.53. The van der Waals surface area contributed by atoms with Gasteiger partial charge in [0.15, 0.2) is 6.29 Å². The van der Waals surface area contributed by atoms with Crippen LogP contribution in [0.15, 0.2) is 0 Å². The molecule has 62 valence electrons. The van der Waals surface area contributed by atoms with Crippen molar-refractivity contribution in [3.63, 3.8) is 0 Å². The molecule has 3 N–H and O–H groups in total. The van der Waals surface area contributed by atoms with E-state index in [1.165, 1.54) is 0 Å². The highest BCUT2D eigenvalue weighted by atomic mass is 31.2. The Morgan fingerprint density at radius 3 is 1.90 bits per heavy atom. The fourth-order valence-electron chi connectivity index (χ4n) is 0.262. The van der Waals surface area contributed by atoms with Crippen molar-refractivity contribution in [2.75, 3.05) is 0 Å². The maximum atomic E-state index is 10.1. The Morgan fingerprint density at radius 1 is 1.40 bits per heavy atom. The van der Waals surface area contributed by atoms with Crippen molar-refractivity contribution in [2.45, 2.75) is 20.1 Å². The number of aliphatic hydroxyl groups is 1. The Bertz CT molecular complexity index is 139. The maximum absolute atomic E-state index is 10.1. The molecule has 0 aromatic carbocycles. The van der Waals surface area contributed by atoms with E-state index in [2.05, 4.69) is 4.52 Å². The van der Waals surface area contributed by atoms with Crippen molar-refractivity contribution in [3.8, 4) is 0 Å². The number of hydrogen-bond donors (Lipinski definition) is 3. The van der Waals surface area contributed by atoms with Crippen molar-refractivity contribution in [2.24, 2.45) is 5.92 Å². The van der Waals surface area contributed by atoms with Gasteiger partial charge in [-0.25, -0.2) is 4.57 Å². The topological polar surface area (TPSA) is 87.0 Å². The monoisotopic (exact) mass is 170 g/mol. The number of phosphoric acid groups is 1. The predicted molar refractivity (Wildman–Crippen MR) is 34.0 cm³/mol. The second kappa shape index (κ2) is 3.46. The van der Waals surface area contributed by atoms with Crippen LogP contribution in [-0.4, -0.2) is 21.2 Å². The lowest BCUT2D eigenvalue weighted by Crippen LogP contribution is -2.17. The van der Waals surface area contributed by atoms with Crippen LogP contribution in [0.4, 0.5) is 0 Å². The molecule has 0 fully saturated rings. The first kappa shape index (κ1) is 10.1. The minimum absolute atomic E-state index is 0.326. The van der Waals surface area contributed by atoms with Crippen LogP contribution < -0.4 is 0 Å². The lowest BCUT2D eigenvalue weighted by atomic mass is 10.2. The molecule has 0 aliphatic carbocycles. The van der Waals surface area contributed by atoms with Crippen LogP contribution >= 0.6 is 7.82 Å². The Hall–Kier alpha value is 0.0700. The number of hydrogen-bond acceptors (Lipinski definition) is 3. The molecule has 0 aromatic heterocycles. The molecule has 0 spiro atoms. The van der Waals surface area contributed by atoms with Gasteiger partial charge in [0.1, 0.15) is 0 Å². The first-order valence-electron chi connectivity index (χ1n) is 2.75. The molecule has 0 saturated heterocycles. The Labute approximate surface area is 58.9 Å². The van der Waals surface area contributed by atoms with Gasteiger partial charge < -0.3 is 14.9 Å². The van der Waals surface area contributed by atoms with E-state index in [0.717, 1.165) is 0 Å². The summed E-state index contributed by atoms with van der Waals surface area (Å²) >= 11 is 0. The van der Waals surface area contributed by atoms with Crippen LogP contribution in [0, 0.1) is 5.92 Å². The van der Waals surface area contributed by atoms with E-state index in [0.29, 0.717) is 0 Å². The first-order valence-corrected chi connectivity index (χ1v) is 4.28. The smallest absolute Gasteiger partial charge is 0.367 e. The molecule has 1 unspecified atom stereocenters. The highest BCUT2D eigenvalue weighted by Gasteiger charge is 2.22. The molecule has 0 aliphatic heterocycles. The molecule has 0 aromatic rings. The fraction of sp³-hybridized carbons (Fsp3) is 1.00. The zero-order valence-corrected chi connectivity index (χ0v) is 6.65. The molecule has 1 atom stereocenters.